The fraction of sp³-hybridized carbons (Fsp3) is 0.214. The van der Waals surface area contributed by atoms with Crippen LogP contribution < -0.4 is 10.2 Å². The maximum atomic E-state index is 12.2. The summed E-state index contributed by atoms with van der Waals surface area (Å²) < 4.78 is 0. The molecule has 0 atom stereocenters. The molecule has 2 aromatic rings. The molecule has 1 amide bonds. The highest BCUT2D eigenvalue weighted by atomic mass is 16.2. The number of nitrogens with zero attached hydrogens (tertiary/aromatic N) is 3. The van der Waals surface area contributed by atoms with Crippen molar-refractivity contribution in [3.63, 3.8) is 0 Å². The van der Waals surface area contributed by atoms with Gasteiger partial charge in [0.05, 0.1) is 11.9 Å². The number of aromatic nitrogens is 2. The summed E-state index contributed by atoms with van der Waals surface area (Å²) in [6, 6.07) is 7.11. The number of amides is 1. The van der Waals surface area contributed by atoms with Crippen LogP contribution in [0, 0.1) is 0 Å². The van der Waals surface area contributed by atoms with Crippen LogP contribution >= 0.6 is 0 Å². The van der Waals surface area contributed by atoms with Crippen LogP contribution in [0.4, 0.5) is 11.5 Å². The Kier molecular flexibility index (Phi) is 4.07. The number of pyridine rings is 2. The zero-order valence-corrected chi connectivity index (χ0v) is 11.0. The second-order valence-electron chi connectivity index (χ2n) is 4.03. The summed E-state index contributed by atoms with van der Waals surface area (Å²) in [4.78, 5) is 21.9. The van der Waals surface area contributed by atoms with Gasteiger partial charge in [-0.3, -0.25) is 9.78 Å². The van der Waals surface area contributed by atoms with E-state index in [0.717, 1.165) is 18.1 Å². The van der Waals surface area contributed by atoms with E-state index in [1.165, 1.54) is 0 Å². The summed E-state index contributed by atoms with van der Waals surface area (Å²) in [5, 5.41) is 3.11. The van der Waals surface area contributed by atoms with Gasteiger partial charge < -0.3 is 10.2 Å². The van der Waals surface area contributed by atoms with Crippen LogP contribution in [0.2, 0.25) is 0 Å². The predicted octanol–water partition coefficient (Wildman–Crippen LogP) is 2.18. The van der Waals surface area contributed by atoms with Gasteiger partial charge in [-0.15, -0.1) is 0 Å². The lowest BCUT2D eigenvalue weighted by Gasteiger charge is -2.17. The van der Waals surface area contributed by atoms with Crippen LogP contribution in [0.25, 0.3) is 0 Å². The Labute approximate surface area is 112 Å². The molecule has 0 saturated carbocycles. The molecule has 2 aromatic heterocycles. The summed E-state index contributed by atoms with van der Waals surface area (Å²) >= 11 is 0. The summed E-state index contributed by atoms with van der Waals surface area (Å²) in [7, 11) is 1.73. The van der Waals surface area contributed by atoms with E-state index in [-0.39, 0.29) is 5.91 Å². The molecule has 0 bridgehead atoms. The minimum Gasteiger partial charge on any atom is -0.370 e. The lowest BCUT2D eigenvalue weighted by atomic mass is 10.2. The quantitative estimate of drug-likeness (QED) is 0.911. The van der Waals surface area contributed by atoms with Crippen molar-refractivity contribution < 1.29 is 4.79 Å². The zero-order valence-electron chi connectivity index (χ0n) is 11.0. The van der Waals surface area contributed by atoms with Crippen LogP contribution in [-0.4, -0.2) is 29.5 Å². The second-order valence-corrected chi connectivity index (χ2v) is 4.03. The number of carbonyl (C=O) groups is 1. The van der Waals surface area contributed by atoms with Crippen LogP contribution in [0.3, 0.4) is 0 Å². The highest BCUT2D eigenvalue weighted by Crippen LogP contribution is 2.16. The van der Waals surface area contributed by atoms with Gasteiger partial charge in [-0.25, -0.2) is 4.98 Å². The van der Waals surface area contributed by atoms with E-state index < -0.39 is 0 Å². The summed E-state index contributed by atoms with van der Waals surface area (Å²) in [5.41, 5.74) is 1.36. The zero-order chi connectivity index (χ0) is 13.7. The highest BCUT2D eigenvalue weighted by Gasteiger charge is 2.13. The topological polar surface area (TPSA) is 58.1 Å². The molecule has 0 aliphatic heterocycles. The Morgan fingerprint density at radius 2 is 2.00 bits per heavy atom. The van der Waals surface area contributed by atoms with E-state index >= 15 is 0 Å². The first kappa shape index (κ1) is 13.0. The van der Waals surface area contributed by atoms with Gasteiger partial charge >= 0.3 is 0 Å². The Hall–Kier alpha value is -2.43. The van der Waals surface area contributed by atoms with Gasteiger partial charge in [-0.1, -0.05) is 0 Å². The number of nitrogens with one attached hydrogen (secondary N) is 1. The molecule has 0 saturated heterocycles. The summed E-state index contributed by atoms with van der Waals surface area (Å²) in [5.74, 6) is 0.719. The fourth-order valence-electron chi connectivity index (χ4n) is 1.68. The number of rotatable bonds is 4. The molecule has 0 fully saturated rings. The number of hydrogen-bond donors (Lipinski definition) is 1. The smallest absolute Gasteiger partial charge is 0.258 e. The first-order valence-corrected chi connectivity index (χ1v) is 6.10. The van der Waals surface area contributed by atoms with E-state index in [0.29, 0.717) is 5.56 Å². The highest BCUT2D eigenvalue weighted by molar-refractivity contribution is 6.05. The monoisotopic (exact) mass is 256 g/mol. The third-order valence-electron chi connectivity index (χ3n) is 2.72. The lowest BCUT2D eigenvalue weighted by molar-refractivity contribution is 0.0993. The SMILES string of the molecule is CCNc1ccc(N(C)C(=O)c2ccncc2)cn1. The average Bonchev–Trinajstić information content (AvgIpc) is 2.48. The molecule has 0 unspecified atom stereocenters. The Balaban J connectivity index is 2.15. The van der Waals surface area contributed by atoms with Crippen molar-refractivity contribution >= 4 is 17.4 Å². The summed E-state index contributed by atoms with van der Waals surface area (Å²) in [6.45, 7) is 2.83. The fourth-order valence-corrected chi connectivity index (χ4v) is 1.68. The molecule has 0 radical (unpaired) electrons. The largest absolute Gasteiger partial charge is 0.370 e. The maximum absolute atomic E-state index is 12.2. The molecule has 5 heteroatoms. The molecular weight excluding hydrogens is 240 g/mol. The molecule has 0 aromatic carbocycles. The first-order valence-electron chi connectivity index (χ1n) is 6.10. The first-order chi connectivity index (χ1) is 9.22. The van der Waals surface area contributed by atoms with Crippen molar-refractivity contribution in [2.24, 2.45) is 0 Å². The molecule has 1 N–H and O–H groups in total. The lowest BCUT2D eigenvalue weighted by Crippen LogP contribution is -2.26. The van der Waals surface area contributed by atoms with Gasteiger partial charge in [0.2, 0.25) is 0 Å². The van der Waals surface area contributed by atoms with Crippen LogP contribution in [0.1, 0.15) is 17.3 Å². The normalized spacial score (nSPS) is 10.0. The molecule has 2 rings (SSSR count). The van der Waals surface area contributed by atoms with E-state index in [9.17, 15) is 4.79 Å². The molecule has 98 valence electrons. The van der Waals surface area contributed by atoms with Crippen molar-refractivity contribution in [2.45, 2.75) is 6.92 Å². The van der Waals surface area contributed by atoms with E-state index in [1.807, 2.05) is 19.1 Å². The van der Waals surface area contributed by atoms with Gasteiger partial charge in [-0.2, -0.15) is 0 Å². The van der Waals surface area contributed by atoms with Crippen LogP contribution in [0.5, 0.6) is 0 Å². The minimum absolute atomic E-state index is 0.0830. The van der Waals surface area contributed by atoms with E-state index in [2.05, 4.69) is 15.3 Å². The Morgan fingerprint density at radius 3 is 2.58 bits per heavy atom. The molecule has 5 nitrogen and oxygen atoms in total. The van der Waals surface area contributed by atoms with Crippen molar-refractivity contribution in [1.29, 1.82) is 0 Å². The molecular formula is C14H16N4O. The molecule has 19 heavy (non-hydrogen) atoms. The molecule has 2 heterocycles. The molecule has 0 aliphatic carbocycles. The van der Waals surface area contributed by atoms with Gasteiger partial charge in [0.1, 0.15) is 5.82 Å². The average molecular weight is 256 g/mol. The van der Waals surface area contributed by atoms with Gasteiger partial charge in [0, 0.05) is 31.5 Å². The summed E-state index contributed by atoms with van der Waals surface area (Å²) in [6.07, 6.45) is 4.89. The second kappa shape index (κ2) is 5.95. The van der Waals surface area contributed by atoms with Crippen LogP contribution in [0.15, 0.2) is 42.9 Å². The number of anilines is 2. The van der Waals surface area contributed by atoms with E-state index in [1.54, 1.807) is 42.7 Å². The van der Waals surface area contributed by atoms with Gasteiger partial charge in [-0.05, 0) is 31.2 Å². The predicted molar refractivity (Wildman–Crippen MR) is 75.4 cm³/mol. The Morgan fingerprint density at radius 1 is 1.26 bits per heavy atom. The third kappa shape index (κ3) is 3.07. The Bertz CT molecular complexity index is 539. The number of carbonyl (C=O) groups excluding carboxylic acids is 1. The van der Waals surface area contributed by atoms with Crippen molar-refractivity contribution in [3.8, 4) is 0 Å². The van der Waals surface area contributed by atoms with Crippen LogP contribution in [-0.2, 0) is 0 Å². The van der Waals surface area contributed by atoms with Gasteiger partial charge in [0.25, 0.3) is 5.91 Å². The van der Waals surface area contributed by atoms with Crippen molar-refractivity contribution in [3.05, 3.63) is 48.4 Å². The standard InChI is InChI=1S/C14H16N4O/c1-3-16-13-5-4-12(10-17-13)18(2)14(19)11-6-8-15-9-7-11/h4-10H,3H2,1-2H3,(H,16,17). The third-order valence-corrected chi connectivity index (χ3v) is 2.72. The molecule has 0 spiro atoms. The van der Waals surface area contributed by atoms with Crippen molar-refractivity contribution in [2.75, 3.05) is 23.8 Å². The van der Waals surface area contributed by atoms with E-state index in [4.69, 9.17) is 0 Å². The maximum Gasteiger partial charge on any atom is 0.258 e. The molecule has 0 aliphatic rings. The van der Waals surface area contributed by atoms with Crippen molar-refractivity contribution in [1.82, 2.24) is 9.97 Å². The minimum atomic E-state index is -0.0830. The van der Waals surface area contributed by atoms with Gasteiger partial charge in [0.15, 0.2) is 0 Å². The number of hydrogen-bond acceptors (Lipinski definition) is 4.